The van der Waals surface area contributed by atoms with Crippen molar-refractivity contribution < 1.29 is 4.80 Å². The van der Waals surface area contributed by atoms with E-state index in [0.29, 0.717) is 0 Å². The molecule has 0 saturated heterocycles. The molecule has 0 aromatic carbocycles. The van der Waals surface area contributed by atoms with Gasteiger partial charge in [-0.2, -0.15) is 0 Å². The van der Waals surface area contributed by atoms with Crippen molar-refractivity contribution in [2.45, 2.75) is 79.1 Å². The smallest absolute Gasteiger partial charge is 0.0594 e. The van der Waals surface area contributed by atoms with Crippen LogP contribution in [0.1, 0.15) is 79.1 Å². The summed E-state index contributed by atoms with van der Waals surface area (Å²) in [7, 11) is -0.507. The minimum absolute atomic E-state index is 0.0556. The van der Waals surface area contributed by atoms with Crippen LogP contribution in [-0.4, -0.2) is 35.1 Å². The van der Waals surface area contributed by atoms with E-state index >= 15 is 0 Å². The van der Waals surface area contributed by atoms with Gasteiger partial charge in [0.1, 0.15) is 0 Å². The maximum absolute atomic E-state index is 8.39. The summed E-state index contributed by atoms with van der Waals surface area (Å²) in [5.41, 5.74) is 0. The second kappa shape index (κ2) is 16.7. The summed E-state index contributed by atoms with van der Waals surface area (Å²) >= 11 is 0. The van der Waals surface area contributed by atoms with E-state index in [1.807, 2.05) is 0 Å². The molecule has 0 aliphatic rings. The van der Waals surface area contributed by atoms with Crippen molar-refractivity contribution in [1.29, 1.82) is 0 Å². The minimum atomic E-state index is -0.562. The Bertz CT molecular complexity index is 127. The topological polar surface area (TPSA) is 23.1 Å². The van der Waals surface area contributed by atoms with Gasteiger partial charge in [-0.25, -0.2) is 0 Å². The van der Waals surface area contributed by atoms with Crippen LogP contribution in [0.25, 0.3) is 0 Å². The largest absolute Gasteiger partial charge is 0.865 e. The minimum Gasteiger partial charge on any atom is -0.865 e. The molecular weight excluding hydrogens is 267 g/mol. The Morgan fingerprint density at radius 3 is 0.947 bits per heavy atom. The highest BCUT2D eigenvalue weighted by atomic mass is 31.2. The normalized spacial score (nSPS) is 11.2. The van der Waals surface area contributed by atoms with Crippen LogP contribution >= 0.6 is 7.26 Å². The SMILES string of the molecule is CCCC[P+](CCCC)(CCCC)CCCC.[O-][SiH3]. The molecule has 118 valence electrons. The Morgan fingerprint density at radius 1 is 0.579 bits per heavy atom. The zero-order valence-electron chi connectivity index (χ0n) is 14.3. The van der Waals surface area contributed by atoms with Crippen LogP contribution in [-0.2, 0) is 0 Å². The van der Waals surface area contributed by atoms with Crippen molar-refractivity contribution >= 4 is 17.7 Å². The van der Waals surface area contributed by atoms with Gasteiger partial charge in [-0.05, 0) is 25.7 Å². The summed E-state index contributed by atoms with van der Waals surface area (Å²) < 4.78 is 0. The summed E-state index contributed by atoms with van der Waals surface area (Å²) in [5, 5.41) is 0. The Morgan fingerprint density at radius 2 is 0.789 bits per heavy atom. The van der Waals surface area contributed by atoms with E-state index in [0.717, 1.165) is 0 Å². The van der Waals surface area contributed by atoms with Crippen LogP contribution in [0.15, 0.2) is 0 Å². The molecule has 19 heavy (non-hydrogen) atoms. The lowest BCUT2D eigenvalue weighted by atomic mass is 10.4. The van der Waals surface area contributed by atoms with E-state index in [1.54, 1.807) is 24.6 Å². The highest BCUT2D eigenvalue weighted by Crippen LogP contribution is 2.61. The van der Waals surface area contributed by atoms with Gasteiger partial charge in [-0.3, -0.25) is 0 Å². The molecule has 0 rings (SSSR count). The van der Waals surface area contributed by atoms with Gasteiger partial charge in [0.15, 0.2) is 0 Å². The van der Waals surface area contributed by atoms with Crippen molar-refractivity contribution in [2.24, 2.45) is 0 Å². The lowest BCUT2D eigenvalue weighted by Crippen LogP contribution is -2.12. The van der Waals surface area contributed by atoms with Gasteiger partial charge >= 0.3 is 0 Å². The highest BCUT2D eigenvalue weighted by molar-refractivity contribution is 7.75. The lowest BCUT2D eigenvalue weighted by Gasteiger charge is -2.28. The van der Waals surface area contributed by atoms with E-state index in [2.05, 4.69) is 27.7 Å². The second-order valence-electron chi connectivity index (χ2n) is 5.65. The number of hydrogen-bond acceptors (Lipinski definition) is 1. The summed E-state index contributed by atoms with van der Waals surface area (Å²) in [4.78, 5) is 8.39. The predicted octanol–water partition coefficient (Wildman–Crippen LogP) is 3.83. The third-order valence-electron chi connectivity index (χ3n) is 3.94. The van der Waals surface area contributed by atoms with E-state index in [9.17, 15) is 0 Å². The monoisotopic (exact) mass is 306 g/mol. The molecular formula is C16H39OPSi. The van der Waals surface area contributed by atoms with Crippen LogP contribution in [0.2, 0.25) is 0 Å². The lowest BCUT2D eigenvalue weighted by molar-refractivity contribution is -0.169. The van der Waals surface area contributed by atoms with Crippen LogP contribution in [0, 0.1) is 0 Å². The molecule has 0 aromatic rings. The maximum Gasteiger partial charge on any atom is 0.0594 e. The van der Waals surface area contributed by atoms with Crippen molar-refractivity contribution in [3.63, 3.8) is 0 Å². The van der Waals surface area contributed by atoms with Gasteiger partial charge < -0.3 is 4.80 Å². The van der Waals surface area contributed by atoms with Crippen molar-refractivity contribution in [3.8, 4) is 0 Å². The molecule has 0 aromatic heterocycles. The Labute approximate surface area is 126 Å². The first-order chi connectivity index (χ1) is 9.24. The molecule has 0 fully saturated rings. The predicted molar refractivity (Wildman–Crippen MR) is 96.0 cm³/mol. The molecule has 0 atom stereocenters. The Balaban J connectivity index is 0. The average molecular weight is 307 g/mol. The standard InChI is InChI=1S/C16H36P.H3OSi/c1-5-9-13-17(14-10-6-2,15-11-7-3)16-12-8-4;1-2/h5-16H2,1-4H3;2H3/q+1;-1. The number of hydrogen-bond donors (Lipinski definition) is 0. The highest BCUT2D eigenvalue weighted by Gasteiger charge is 2.34. The van der Waals surface area contributed by atoms with Gasteiger partial charge in [-0.15, -0.1) is 0 Å². The molecule has 0 bridgehead atoms. The summed E-state index contributed by atoms with van der Waals surface area (Å²) in [6.45, 7) is 9.42. The van der Waals surface area contributed by atoms with Crippen molar-refractivity contribution in [1.82, 2.24) is 0 Å². The fourth-order valence-electron chi connectivity index (χ4n) is 2.64. The molecule has 3 heteroatoms. The maximum atomic E-state index is 8.39. The fourth-order valence-corrected chi connectivity index (χ4v) is 7.93. The molecule has 0 spiro atoms. The first-order valence-electron chi connectivity index (χ1n) is 8.50. The first-order valence-corrected chi connectivity index (χ1v) is 11.8. The van der Waals surface area contributed by atoms with E-state index in [1.165, 1.54) is 51.4 Å². The molecule has 0 radical (unpaired) electrons. The van der Waals surface area contributed by atoms with Gasteiger partial charge in [0.25, 0.3) is 0 Å². The third-order valence-corrected chi connectivity index (χ3v) is 9.00. The van der Waals surface area contributed by atoms with Crippen LogP contribution in [0.5, 0.6) is 0 Å². The fraction of sp³-hybridized carbons (Fsp3) is 1.00. The summed E-state index contributed by atoms with van der Waals surface area (Å²) in [6.07, 6.45) is 17.9. The van der Waals surface area contributed by atoms with Crippen molar-refractivity contribution in [3.05, 3.63) is 0 Å². The molecule has 0 N–H and O–H groups in total. The van der Waals surface area contributed by atoms with Gasteiger partial charge in [0.05, 0.1) is 24.6 Å². The first kappa shape index (κ1) is 21.9. The van der Waals surface area contributed by atoms with Crippen molar-refractivity contribution in [2.75, 3.05) is 24.6 Å². The van der Waals surface area contributed by atoms with E-state index in [-0.39, 0.29) is 10.5 Å². The zero-order valence-corrected chi connectivity index (χ0v) is 17.2. The van der Waals surface area contributed by atoms with Gasteiger partial charge in [0.2, 0.25) is 0 Å². The quantitative estimate of drug-likeness (QED) is 0.397. The molecule has 0 saturated carbocycles. The van der Waals surface area contributed by atoms with E-state index in [4.69, 9.17) is 4.80 Å². The van der Waals surface area contributed by atoms with Gasteiger partial charge in [0, 0.05) is 7.26 Å². The van der Waals surface area contributed by atoms with E-state index < -0.39 is 7.26 Å². The molecule has 0 aliphatic carbocycles. The Hall–Kier alpha value is 0.607. The molecule has 1 nitrogen and oxygen atoms in total. The average Bonchev–Trinajstić information content (AvgIpc) is 2.48. The zero-order chi connectivity index (χ0) is 15.0. The Kier molecular flexibility index (Phi) is 19.2. The summed E-state index contributed by atoms with van der Waals surface area (Å²) in [6, 6.07) is 0. The molecule has 0 unspecified atom stereocenters. The summed E-state index contributed by atoms with van der Waals surface area (Å²) in [5.74, 6) is 0. The number of unbranched alkanes of at least 4 members (excludes halogenated alkanes) is 4. The molecule has 0 amide bonds. The molecule has 0 heterocycles. The second-order valence-corrected chi connectivity index (χ2v) is 10.1. The third kappa shape index (κ3) is 12.1. The van der Waals surface area contributed by atoms with Crippen LogP contribution in [0.4, 0.5) is 0 Å². The van der Waals surface area contributed by atoms with Crippen LogP contribution in [0.3, 0.4) is 0 Å². The number of rotatable bonds is 12. The van der Waals surface area contributed by atoms with Gasteiger partial charge in [-0.1, -0.05) is 63.9 Å². The molecule has 0 aliphatic heterocycles. The van der Waals surface area contributed by atoms with Crippen LogP contribution < -0.4 is 4.80 Å².